The van der Waals surface area contributed by atoms with Gasteiger partial charge in [-0.2, -0.15) is 5.10 Å². The molecular formula is C9H7IN3O2PS. The van der Waals surface area contributed by atoms with Gasteiger partial charge in [-0.05, 0) is 34.2 Å². The summed E-state index contributed by atoms with van der Waals surface area (Å²) in [5.41, 5.74) is 0.110. The van der Waals surface area contributed by atoms with E-state index in [1.807, 2.05) is 10.6 Å². The Balaban J connectivity index is 2.10. The zero-order valence-electron chi connectivity index (χ0n) is 8.41. The van der Waals surface area contributed by atoms with E-state index in [1.165, 1.54) is 23.9 Å². The second-order valence-electron chi connectivity index (χ2n) is 3.06. The second kappa shape index (κ2) is 5.79. The summed E-state index contributed by atoms with van der Waals surface area (Å²) in [7, 11) is 0. The van der Waals surface area contributed by atoms with E-state index in [1.54, 1.807) is 18.3 Å². The third kappa shape index (κ3) is 3.40. The molecule has 0 aliphatic carbocycles. The van der Waals surface area contributed by atoms with Gasteiger partial charge >= 0.3 is 0 Å². The van der Waals surface area contributed by atoms with Crippen LogP contribution >= 0.6 is 40.2 Å². The van der Waals surface area contributed by atoms with Crippen molar-refractivity contribution in [3.8, 4) is 0 Å². The number of hydrogen-bond acceptors (Lipinski definition) is 4. The van der Waals surface area contributed by atoms with Crippen molar-refractivity contribution < 1.29 is 4.92 Å². The van der Waals surface area contributed by atoms with Gasteiger partial charge in [0, 0.05) is 23.2 Å². The normalized spacial score (nSPS) is 11.1. The van der Waals surface area contributed by atoms with E-state index < -0.39 is 4.92 Å². The fraction of sp³-hybridized carbons (Fsp3) is 0. The average molecular weight is 379 g/mol. The van der Waals surface area contributed by atoms with Crippen LogP contribution < -0.4 is 0 Å². The maximum Gasteiger partial charge on any atom is 0.269 e. The number of benzene rings is 1. The summed E-state index contributed by atoms with van der Waals surface area (Å²) in [4.78, 5) is 12.1. The van der Waals surface area contributed by atoms with Crippen LogP contribution in [0.25, 0.3) is 0 Å². The van der Waals surface area contributed by atoms with Crippen LogP contribution in [0.15, 0.2) is 46.5 Å². The van der Waals surface area contributed by atoms with Crippen LogP contribution in [0.4, 0.5) is 5.69 Å². The minimum Gasteiger partial charge on any atom is -0.258 e. The van der Waals surface area contributed by atoms with Gasteiger partial charge in [0.2, 0.25) is 0 Å². The number of nitro groups is 1. The Bertz CT molecular complexity index is 531. The molecule has 1 unspecified atom stereocenters. The van der Waals surface area contributed by atoms with Crippen molar-refractivity contribution in [2.24, 2.45) is 0 Å². The van der Waals surface area contributed by atoms with Crippen molar-refractivity contribution in [1.82, 2.24) is 9.55 Å². The molecule has 17 heavy (non-hydrogen) atoms. The van der Waals surface area contributed by atoms with E-state index in [-0.39, 0.29) is 5.69 Å². The third-order valence-electron chi connectivity index (χ3n) is 1.93. The lowest BCUT2D eigenvalue weighted by molar-refractivity contribution is -0.384. The van der Waals surface area contributed by atoms with Crippen molar-refractivity contribution >= 4 is 45.9 Å². The SMILES string of the molecule is O=[N+]([O-])c1ccc(Sc2cnn(PI)c2)cc1. The molecule has 0 saturated carbocycles. The largest absolute Gasteiger partial charge is 0.269 e. The van der Waals surface area contributed by atoms with E-state index in [0.717, 1.165) is 9.79 Å². The van der Waals surface area contributed by atoms with Gasteiger partial charge in [-0.1, -0.05) is 11.8 Å². The maximum absolute atomic E-state index is 10.5. The quantitative estimate of drug-likeness (QED) is 0.352. The number of non-ortho nitro benzene ring substituents is 1. The number of hydrogen-bond donors (Lipinski definition) is 0. The Morgan fingerprint density at radius 2 is 2.06 bits per heavy atom. The maximum atomic E-state index is 10.5. The van der Waals surface area contributed by atoms with Crippen molar-refractivity contribution in [1.29, 1.82) is 0 Å². The highest BCUT2D eigenvalue weighted by Crippen LogP contribution is 2.31. The second-order valence-corrected chi connectivity index (χ2v) is 6.28. The molecule has 0 bridgehead atoms. The summed E-state index contributed by atoms with van der Waals surface area (Å²) in [6.07, 6.45) is 4.32. The highest BCUT2D eigenvalue weighted by Gasteiger charge is 2.05. The third-order valence-corrected chi connectivity index (χ3v) is 4.78. The highest BCUT2D eigenvalue weighted by molar-refractivity contribution is 14.2. The van der Waals surface area contributed by atoms with Crippen LogP contribution in [-0.4, -0.2) is 14.5 Å². The van der Waals surface area contributed by atoms with Gasteiger partial charge in [0.1, 0.15) is 0 Å². The molecule has 1 heterocycles. The molecule has 2 aromatic rings. The van der Waals surface area contributed by atoms with E-state index in [9.17, 15) is 10.1 Å². The Labute approximate surface area is 116 Å². The Kier molecular flexibility index (Phi) is 4.36. The molecule has 8 heteroatoms. The monoisotopic (exact) mass is 379 g/mol. The summed E-state index contributed by atoms with van der Waals surface area (Å²) < 4.78 is 1.86. The van der Waals surface area contributed by atoms with Gasteiger partial charge < -0.3 is 0 Å². The van der Waals surface area contributed by atoms with Gasteiger partial charge in [-0.3, -0.25) is 10.1 Å². The fourth-order valence-corrected chi connectivity index (χ4v) is 3.15. The van der Waals surface area contributed by atoms with Crippen molar-refractivity contribution in [3.63, 3.8) is 0 Å². The lowest BCUT2D eigenvalue weighted by atomic mass is 10.3. The van der Waals surface area contributed by atoms with Crippen LogP contribution in [0.2, 0.25) is 0 Å². The Morgan fingerprint density at radius 3 is 2.59 bits per heavy atom. The van der Waals surface area contributed by atoms with Gasteiger partial charge in [0.05, 0.1) is 22.4 Å². The number of aromatic nitrogens is 2. The van der Waals surface area contributed by atoms with Gasteiger partial charge in [-0.25, -0.2) is 4.45 Å². The lowest BCUT2D eigenvalue weighted by Crippen LogP contribution is -1.86. The topological polar surface area (TPSA) is 61.0 Å². The van der Waals surface area contributed by atoms with Crippen LogP contribution in [0, 0.1) is 10.1 Å². The zero-order valence-corrected chi connectivity index (χ0v) is 12.4. The van der Waals surface area contributed by atoms with Crippen LogP contribution in [-0.2, 0) is 0 Å². The molecule has 0 spiro atoms. The Hall–Kier alpha value is -0.660. The van der Waals surface area contributed by atoms with Crippen LogP contribution in [0.1, 0.15) is 0 Å². The standard InChI is InChI=1S/C9H7IN3O2PS/c10-16-12-6-9(5-11-12)17-8-3-1-7(2-4-8)13(14)15/h1-6,16H. The smallest absolute Gasteiger partial charge is 0.258 e. The molecule has 88 valence electrons. The fourth-order valence-electron chi connectivity index (χ4n) is 1.18. The molecular weight excluding hydrogens is 372 g/mol. The van der Waals surface area contributed by atoms with E-state index in [4.69, 9.17) is 0 Å². The van der Waals surface area contributed by atoms with E-state index in [2.05, 4.69) is 27.1 Å². The molecule has 1 atom stereocenters. The summed E-state index contributed by atoms with van der Waals surface area (Å²) in [5.74, 6) is 0. The zero-order chi connectivity index (χ0) is 12.3. The summed E-state index contributed by atoms with van der Waals surface area (Å²) >= 11 is 3.79. The molecule has 0 saturated heterocycles. The molecule has 0 aliphatic heterocycles. The number of rotatable bonds is 4. The first-order valence-corrected chi connectivity index (χ1v) is 9.40. The van der Waals surface area contributed by atoms with Crippen molar-refractivity contribution in [3.05, 3.63) is 46.8 Å². The molecule has 1 aromatic carbocycles. The Morgan fingerprint density at radius 1 is 1.35 bits per heavy atom. The molecule has 0 fully saturated rings. The minimum absolute atomic E-state index is 0.110. The molecule has 0 radical (unpaired) electrons. The molecule has 0 aliphatic rings. The first-order valence-electron chi connectivity index (χ1n) is 4.52. The first-order chi connectivity index (χ1) is 8.19. The number of nitrogens with zero attached hydrogens (tertiary/aromatic N) is 3. The predicted molar refractivity (Wildman–Crippen MR) is 77.2 cm³/mol. The lowest BCUT2D eigenvalue weighted by Gasteiger charge is -1.97. The van der Waals surface area contributed by atoms with Crippen LogP contribution in [0.5, 0.6) is 0 Å². The number of nitro benzene ring substituents is 1. The summed E-state index contributed by atoms with van der Waals surface area (Å²) in [6.45, 7) is 0. The van der Waals surface area contributed by atoms with Crippen molar-refractivity contribution in [2.75, 3.05) is 0 Å². The highest BCUT2D eigenvalue weighted by atomic mass is 127. The molecule has 1 aromatic heterocycles. The van der Waals surface area contributed by atoms with Crippen LogP contribution in [0.3, 0.4) is 0 Å². The molecule has 2 rings (SSSR count). The van der Waals surface area contributed by atoms with Gasteiger partial charge in [-0.15, -0.1) is 0 Å². The first kappa shape index (κ1) is 12.8. The minimum atomic E-state index is -0.399. The summed E-state index contributed by atoms with van der Waals surface area (Å²) in [5, 5.41) is 14.7. The van der Waals surface area contributed by atoms with Gasteiger partial charge in [0.25, 0.3) is 5.69 Å². The van der Waals surface area contributed by atoms with E-state index in [0.29, 0.717) is 6.37 Å². The molecule has 0 N–H and O–H groups in total. The predicted octanol–water partition coefficient (Wildman–Crippen LogP) is 3.73. The number of halogens is 1. The van der Waals surface area contributed by atoms with Crippen molar-refractivity contribution in [2.45, 2.75) is 9.79 Å². The summed E-state index contributed by atoms with van der Waals surface area (Å²) in [6, 6.07) is 6.50. The molecule has 5 nitrogen and oxygen atoms in total. The van der Waals surface area contributed by atoms with E-state index >= 15 is 0 Å². The average Bonchev–Trinajstić information content (AvgIpc) is 2.77. The molecule has 0 amide bonds. The van der Waals surface area contributed by atoms with Gasteiger partial charge in [0.15, 0.2) is 0 Å².